The Morgan fingerprint density at radius 2 is 2.06 bits per heavy atom. The lowest BCUT2D eigenvalue weighted by molar-refractivity contribution is 0.194. The van der Waals surface area contributed by atoms with Gasteiger partial charge in [-0.15, -0.1) is 0 Å². The molecule has 0 bridgehead atoms. The van der Waals surface area contributed by atoms with E-state index in [-0.39, 0.29) is 5.41 Å². The van der Waals surface area contributed by atoms with Crippen molar-refractivity contribution in [2.24, 2.45) is 17.1 Å². The Kier molecular flexibility index (Phi) is 4.37. The highest BCUT2D eigenvalue weighted by molar-refractivity contribution is 7.88. The predicted octanol–water partition coefficient (Wildman–Crippen LogP) is 1.03. The predicted molar refractivity (Wildman–Crippen MR) is 66.6 cm³/mol. The lowest BCUT2D eigenvalue weighted by Crippen LogP contribution is -2.41. The number of nitrogens with two attached hydrogens (primary N) is 1. The van der Waals surface area contributed by atoms with Gasteiger partial charge in [-0.3, -0.25) is 0 Å². The van der Waals surface area contributed by atoms with Crippen molar-refractivity contribution in [2.75, 3.05) is 25.9 Å². The summed E-state index contributed by atoms with van der Waals surface area (Å²) >= 11 is 0. The largest absolute Gasteiger partial charge is 0.330 e. The topological polar surface area (TPSA) is 63.4 Å². The zero-order valence-electron chi connectivity index (χ0n) is 10.6. The van der Waals surface area contributed by atoms with Crippen LogP contribution < -0.4 is 5.73 Å². The molecule has 16 heavy (non-hydrogen) atoms. The first-order chi connectivity index (χ1) is 7.24. The molecule has 1 unspecified atom stereocenters. The van der Waals surface area contributed by atoms with Crippen LogP contribution >= 0.6 is 0 Å². The summed E-state index contributed by atoms with van der Waals surface area (Å²) in [4.78, 5) is 0. The van der Waals surface area contributed by atoms with Crippen molar-refractivity contribution in [1.29, 1.82) is 0 Å². The van der Waals surface area contributed by atoms with Crippen LogP contribution in [0.4, 0.5) is 0 Å². The van der Waals surface area contributed by atoms with E-state index in [0.717, 1.165) is 19.3 Å². The molecule has 0 aromatic carbocycles. The van der Waals surface area contributed by atoms with Crippen LogP contribution in [0.15, 0.2) is 0 Å². The minimum Gasteiger partial charge on any atom is -0.330 e. The van der Waals surface area contributed by atoms with Gasteiger partial charge in [-0.2, -0.15) is 0 Å². The van der Waals surface area contributed by atoms with Crippen molar-refractivity contribution in [1.82, 2.24) is 4.31 Å². The van der Waals surface area contributed by atoms with Crippen molar-refractivity contribution < 1.29 is 8.42 Å². The summed E-state index contributed by atoms with van der Waals surface area (Å²) in [5, 5.41) is 0. The van der Waals surface area contributed by atoms with Crippen molar-refractivity contribution >= 4 is 10.0 Å². The van der Waals surface area contributed by atoms with E-state index in [1.807, 2.05) is 0 Å². The second-order valence-corrected chi connectivity index (χ2v) is 7.68. The third-order valence-electron chi connectivity index (χ3n) is 3.34. The Bertz CT molecular complexity index is 325. The number of rotatable bonds is 4. The highest BCUT2D eigenvalue weighted by Gasteiger charge is 2.29. The van der Waals surface area contributed by atoms with E-state index in [2.05, 4.69) is 13.8 Å². The van der Waals surface area contributed by atoms with Crippen LogP contribution in [0.2, 0.25) is 0 Å². The maximum absolute atomic E-state index is 11.5. The fourth-order valence-electron chi connectivity index (χ4n) is 2.36. The second kappa shape index (κ2) is 5.02. The quantitative estimate of drug-likeness (QED) is 0.808. The van der Waals surface area contributed by atoms with Gasteiger partial charge in [-0.05, 0) is 37.1 Å². The van der Waals surface area contributed by atoms with Gasteiger partial charge in [-0.25, -0.2) is 12.7 Å². The van der Waals surface area contributed by atoms with E-state index >= 15 is 0 Å². The molecule has 2 N–H and O–H groups in total. The number of sulfonamides is 1. The molecule has 1 rings (SSSR count). The Morgan fingerprint density at radius 3 is 2.56 bits per heavy atom. The molecular weight excluding hydrogens is 224 g/mol. The minimum atomic E-state index is -3.02. The second-order valence-electron chi connectivity index (χ2n) is 5.70. The molecule has 0 amide bonds. The Labute approximate surface area is 99.2 Å². The molecule has 4 nitrogen and oxygen atoms in total. The lowest BCUT2D eigenvalue weighted by Gasteiger charge is -2.35. The van der Waals surface area contributed by atoms with E-state index in [4.69, 9.17) is 5.73 Å². The van der Waals surface area contributed by atoms with Crippen molar-refractivity contribution in [3.63, 3.8) is 0 Å². The Morgan fingerprint density at radius 1 is 1.44 bits per heavy atom. The van der Waals surface area contributed by atoms with E-state index in [9.17, 15) is 8.42 Å². The van der Waals surface area contributed by atoms with Crippen molar-refractivity contribution in [3.05, 3.63) is 0 Å². The summed E-state index contributed by atoms with van der Waals surface area (Å²) in [5.41, 5.74) is 5.83. The summed E-state index contributed by atoms with van der Waals surface area (Å²) < 4.78 is 24.5. The minimum absolute atomic E-state index is 0.116. The van der Waals surface area contributed by atoms with Crippen LogP contribution in [-0.2, 0) is 10.0 Å². The summed E-state index contributed by atoms with van der Waals surface area (Å²) in [6.07, 6.45) is 4.40. The van der Waals surface area contributed by atoms with Gasteiger partial charge in [0.25, 0.3) is 0 Å². The lowest BCUT2D eigenvalue weighted by atomic mass is 9.80. The molecule has 1 aliphatic heterocycles. The number of piperidine rings is 1. The molecule has 1 aliphatic rings. The van der Waals surface area contributed by atoms with Gasteiger partial charge in [0.15, 0.2) is 0 Å². The zero-order valence-corrected chi connectivity index (χ0v) is 11.4. The summed E-state index contributed by atoms with van der Waals surface area (Å²) in [5.74, 6) is 0.460. The van der Waals surface area contributed by atoms with Gasteiger partial charge in [-0.1, -0.05) is 13.8 Å². The normalized spacial score (nSPS) is 24.6. The van der Waals surface area contributed by atoms with Crippen LogP contribution in [0.25, 0.3) is 0 Å². The van der Waals surface area contributed by atoms with Crippen molar-refractivity contribution in [2.45, 2.75) is 33.1 Å². The van der Waals surface area contributed by atoms with E-state index in [1.54, 1.807) is 4.31 Å². The zero-order chi connectivity index (χ0) is 12.4. The van der Waals surface area contributed by atoms with Gasteiger partial charge in [0.05, 0.1) is 6.26 Å². The van der Waals surface area contributed by atoms with Crippen LogP contribution in [0.1, 0.15) is 33.1 Å². The Hall–Kier alpha value is -0.130. The first kappa shape index (κ1) is 13.9. The highest BCUT2D eigenvalue weighted by Crippen LogP contribution is 2.30. The van der Waals surface area contributed by atoms with E-state index in [1.165, 1.54) is 6.26 Å². The van der Waals surface area contributed by atoms with Crippen molar-refractivity contribution in [3.8, 4) is 0 Å². The smallest absolute Gasteiger partial charge is 0.211 e. The average molecular weight is 248 g/mol. The number of hydrogen-bond donors (Lipinski definition) is 1. The van der Waals surface area contributed by atoms with E-state index < -0.39 is 10.0 Å². The maximum atomic E-state index is 11.5. The molecular formula is C11H24N2O2S. The van der Waals surface area contributed by atoms with Crippen LogP contribution in [-0.4, -0.2) is 38.6 Å². The molecule has 0 spiro atoms. The molecule has 0 aromatic rings. The first-order valence-electron chi connectivity index (χ1n) is 5.90. The molecule has 0 aromatic heterocycles. The molecule has 1 saturated heterocycles. The summed E-state index contributed by atoms with van der Waals surface area (Å²) in [6.45, 7) is 6.29. The molecule has 1 atom stereocenters. The van der Waals surface area contributed by atoms with Gasteiger partial charge in [0.2, 0.25) is 10.0 Å². The van der Waals surface area contributed by atoms with Gasteiger partial charge >= 0.3 is 0 Å². The SMILES string of the molecule is CC(C)(CN)CC1CCCN(S(C)(=O)=O)C1. The molecule has 5 heteroatoms. The fourth-order valence-corrected chi connectivity index (χ4v) is 3.30. The molecule has 0 saturated carbocycles. The maximum Gasteiger partial charge on any atom is 0.211 e. The van der Waals surface area contributed by atoms with Crippen LogP contribution in [0.3, 0.4) is 0 Å². The molecule has 96 valence electrons. The monoisotopic (exact) mass is 248 g/mol. The molecule has 0 aliphatic carbocycles. The van der Waals surface area contributed by atoms with Gasteiger partial charge in [0, 0.05) is 13.1 Å². The standard InChI is InChI=1S/C11H24N2O2S/c1-11(2,9-12)7-10-5-4-6-13(8-10)16(3,14)15/h10H,4-9,12H2,1-3H3. The van der Waals surface area contributed by atoms with E-state index in [0.29, 0.717) is 25.6 Å². The third-order valence-corrected chi connectivity index (χ3v) is 4.61. The summed E-state index contributed by atoms with van der Waals surface area (Å²) in [7, 11) is -3.02. The van der Waals surface area contributed by atoms with Gasteiger partial charge < -0.3 is 5.73 Å². The highest BCUT2D eigenvalue weighted by atomic mass is 32.2. The molecule has 1 fully saturated rings. The summed E-state index contributed by atoms with van der Waals surface area (Å²) in [6, 6.07) is 0. The number of nitrogens with zero attached hydrogens (tertiary/aromatic N) is 1. The molecule has 1 heterocycles. The van der Waals surface area contributed by atoms with Crippen LogP contribution in [0, 0.1) is 11.3 Å². The molecule has 0 radical (unpaired) electrons. The average Bonchev–Trinajstić information content (AvgIpc) is 2.16. The fraction of sp³-hybridized carbons (Fsp3) is 1.00. The third kappa shape index (κ3) is 4.03. The number of hydrogen-bond acceptors (Lipinski definition) is 3. The Balaban J connectivity index is 2.58. The van der Waals surface area contributed by atoms with Gasteiger partial charge in [0.1, 0.15) is 0 Å². The van der Waals surface area contributed by atoms with Crippen LogP contribution in [0.5, 0.6) is 0 Å². The first-order valence-corrected chi connectivity index (χ1v) is 7.75.